The number of nitrogens with zero attached hydrogens (tertiary/aromatic N) is 2. The van der Waals surface area contributed by atoms with Crippen LogP contribution >= 0.6 is 0 Å². The molecule has 0 aromatic heterocycles. The van der Waals surface area contributed by atoms with Crippen LogP contribution in [0, 0.1) is 0 Å². The van der Waals surface area contributed by atoms with Crippen molar-refractivity contribution in [3.63, 3.8) is 0 Å². The zero-order valence-electron chi connectivity index (χ0n) is 12.1. The zero-order chi connectivity index (χ0) is 13.8. The summed E-state index contributed by atoms with van der Waals surface area (Å²) in [4.78, 5) is 16.3. The van der Waals surface area contributed by atoms with Crippen LogP contribution in [-0.4, -0.2) is 67.7 Å². The number of carbonyl (C=O) groups is 1. The number of likely N-dealkylation sites (N-methyl/N-ethyl adjacent to an activating group) is 1. The normalized spacial score (nSPS) is 25.7. The second kappa shape index (κ2) is 6.50. The third-order valence-corrected chi connectivity index (χ3v) is 3.76. The molecule has 2 atom stereocenters. The van der Waals surface area contributed by atoms with E-state index in [1.165, 1.54) is 7.11 Å². The van der Waals surface area contributed by atoms with Crippen molar-refractivity contribution < 1.29 is 9.53 Å². The van der Waals surface area contributed by atoms with Crippen LogP contribution in [0.25, 0.3) is 0 Å². The third kappa shape index (κ3) is 4.23. The van der Waals surface area contributed by atoms with Gasteiger partial charge in [-0.3, -0.25) is 9.69 Å². The number of ether oxygens (including phenoxy) is 1. The van der Waals surface area contributed by atoms with Crippen LogP contribution in [0.3, 0.4) is 0 Å². The molecule has 1 fully saturated rings. The summed E-state index contributed by atoms with van der Waals surface area (Å²) >= 11 is 0. The van der Waals surface area contributed by atoms with Crippen LogP contribution in [0.2, 0.25) is 0 Å². The van der Waals surface area contributed by atoms with Gasteiger partial charge in [0, 0.05) is 25.7 Å². The van der Waals surface area contributed by atoms with Crippen molar-refractivity contribution in [3.8, 4) is 0 Å². The molecule has 1 aliphatic heterocycles. The first-order valence-electron chi connectivity index (χ1n) is 6.66. The molecule has 1 heterocycles. The zero-order valence-corrected chi connectivity index (χ0v) is 12.1. The number of piperazine rings is 1. The smallest absolute Gasteiger partial charge is 0.325 e. The van der Waals surface area contributed by atoms with Gasteiger partial charge in [-0.15, -0.1) is 0 Å². The minimum absolute atomic E-state index is 0.325. The Balaban J connectivity index is 2.31. The molecule has 1 rings (SSSR count). The Morgan fingerprint density at radius 1 is 1.50 bits per heavy atom. The van der Waals surface area contributed by atoms with Gasteiger partial charge in [-0.05, 0) is 40.3 Å². The highest BCUT2D eigenvalue weighted by Gasteiger charge is 2.29. The summed E-state index contributed by atoms with van der Waals surface area (Å²) in [6.07, 6.45) is 1.59. The van der Waals surface area contributed by atoms with Crippen LogP contribution in [0.5, 0.6) is 0 Å². The highest BCUT2D eigenvalue weighted by atomic mass is 16.5. The Kier molecular flexibility index (Phi) is 5.56. The molecule has 0 aromatic carbocycles. The summed E-state index contributed by atoms with van der Waals surface area (Å²) in [5.74, 6) is -0.325. The van der Waals surface area contributed by atoms with Gasteiger partial charge < -0.3 is 15.4 Å². The molecular formula is C13H27N3O2. The van der Waals surface area contributed by atoms with E-state index in [-0.39, 0.29) is 5.97 Å². The van der Waals surface area contributed by atoms with Crippen LogP contribution in [0.4, 0.5) is 0 Å². The summed E-state index contributed by atoms with van der Waals surface area (Å²) in [5, 5.41) is 0. The number of rotatable bonds is 5. The van der Waals surface area contributed by atoms with Crippen LogP contribution in [0.1, 0.15) is 26.7 Å². The lowest BCUT2D eigenvalue weighted by Gasteiger charge is -2.38. The summed E-state index contributed by atoms with van der Waals surface area (Å²) in [7, 11) is 3.54. The quantitative estimate of drug-likeness (QED) is 0.718. The SMILES string of the molecule is COC(=O)C(C)(N)CCCN1CCN(C)CC1C. The van der Waals surface area contributed by atoms with E-state index in [9.17, 15) is 4.79 Å². The molecule has 0 amide bonds. The second-order valence-electron chi connectivity index (χ2n) is 5.66. The first kappa shape index (κ1) is 15.4. The maximum Gasteiger partial charge on any atom is 0.325 e. The van der Waals surface area contributed by atoms with E-state index in [0.717, 1.165) is 32.6 Å². The molecule has 0 spiro atoms. The molecular weight excluding hydrogens is 230 g/mol. The fourth-order valence-electron chi connectivity index (χ4n) is 2.49. The molecule has 0 bridgehead atoms. The Bertz CT molecular complexity index is 281. The Labute approximate surface area is 110 Å². The molecule has 1 aliphatic rings. The molecule has 5 heteroatoms. The molecule has 106 valence electrons. The Morgan fingerprint density at radius 3 is 2.72 bits per heavy atom. The topological polar surface area (TPSA) is 58.8 Å². The third-order valence-electron chi connectivity index (χ3n) is 3.76. The van der Waals surface area contributed by atoms with Crippen molar-refractivity contribution in [3.05, 3.63) is 0 Å². The van der Waals surface area contributed by atoms with Crippen molar-refractivity contribution in [2.75, 3.05) is 40.3 Å². The standard InChI is InChI=1S/C13H27N3O2/c1-11-10-15(3)8-9-16(11)7-5-6-13(2,14)12(17)18-4/h11H,5-10,14H2,1-4H3. The highest BCUT2D eigenvalue weighted by molar-refractivity contribution is 5.79. The van der Waals surface area contributed by atoms with E-state index in [1.54, 1.807) is 6.92 Å². The van der Waals surface area contributed by atoms with Gasteiger partial charge in [-0.2, -0.15) is 0 Å². The van der Waals surface area contributed by atoms with Crippen LogP contribution in [0.15, 0.2) is 0 Å². The van der Waals surface area contributed by atoms with Crippen LogP contribution in [-0.2, 0) is 9.53 Å². The molecule has 18 heavy (non-hydrogen) atoms. The van der Waals surface area contributed by atoms with Gasteiger partial charge in [0.15, 0.2) is 0 Å². The number of methoxy groups -OCH3 is 1. The lowest BCUT2D eigenvalue weighted by Crippen LogP contribution is -2.51. The number of esters is 1. The number of hydrogen-bond acceptors (Lipinski definition) is 5. The van der Waals surface area contributed by atoms with E-state index >= 15 is 0 Å². The molecule has 2 unspecified atom stereocenters. The molecule has 1 saturated heterocycles. The highest BCUT2D eigenvalue weighted by Crippen LogP contribution is 2.14. The Hall–Kier alpha value is -0.650. The van der Waals surface area contributed by atoms with Gasteiger partial charge in [0.05, 0.1) is 7.11 Å². The summed E-state index contributed by atoms with van der Waals surface area (Å²) in [6, 6.07) is 0.575. The van der Waals surface area contributed by atoms with Crippen molar-refractivity contribution >= 4 is 5.97 Å². The molecule has 0 radical (unpaired) electrons. The monoisotopic (exact) mass is 257 g/mol. The largest absolute Gasteiger partial charge is 0.468 e. The van der Waals surface area contributed by atoms with E-state index in [0.29, 0.717) is 12.5 Å². The summed E-state index contributed by atoms with van der Waals surface area (Å²) in [5.41, 5.74) is 5.09. The first-order chi connectivity index (χ1) is 8.36. The molecule has 0 aliphatic carbocycles. The van der Waals surface area contributed by atoms with Crippen molar-refractivity contribution in [2.24, 2.45) is 5.73 Å². The molecule has 0 aromatic rings. The maximum absolute atomic E-state index is 11.5. The van der Waals surface area contributed by atoms with Gasteiger partial charge in [0.2, 0.25) is 0 Å². The molecule has 2 N–H and O–H groups in total. The average Bonchev–Trinajstić information content (AvgIpc) is 2.30. The predicted octanol–water partition coefficient (Wildman–Crippen LogP) is 0.293. The van der Waals surface area contributed by atoms with E-state index < -0.39 is 5.54 Å². The second-order valence-corrected chi connectivity index (χ2v) is 5.66. The Morgan fingerprint density at radius 2 is 2.17 bits per heavy atom. The van der Waals surface area contributed by atoms with Gasteiger partial charge in [-0.1, -0.05) is 0 Å². The van der Waals surface area contributed by atoms with E-state index in [4.69, 9.17) is 10.5 Å². The fourth-order valence-corrected chi connectivity index (χ4v) is 2.49. The lowest BCUT2D eigenvalue weighted by molar-refractivity contribution is -0.146. The minimum atomic E-state index is -0.857. The van der Waals surface area contributed by atoms with E-state index in [1.807, 2.05) is 0 Å². The van der Waals surface area contributed by atoms with Gasteiger partial charge in [0.1, 0.15) is 5.54 Å². The molecule has 5 nitrogen and oxygen atoms in total. The number of nitrogens with two attached hydrogens (primary N) is 1. The maximum atomic E-state index is 11.5. The molecule has 0 saturated carbocycles. The fraction of sp³-hybridized carbons (Fsp3) is 0.923. The van der Waals surface area contributed by atoms with Crippen molar-refractivity contribution in [1.82, 2.24) is 9.80 Å². The predicted molar refractivity (Wildman–Crippen MR) is 72.4 cm³/mol. The summed E-state index contributed by atoms with van der Waals surface area (Å²) in [6.45, 7) is 8.30. The van der Waals surface area contributed by atoms with Gasteiger partial charge >= 0.3 is 5.97 Å². The van der Waals surface area contributed by atoms with Crippen molar-refractivity contribution in [2.45, 2.75) is 38.3 Å². The van der Waals surface area contributed by atoms with E-state index in [2.05, 4.69) is 23.8 Å². The lowest BCUT2D eigenvalue weighted by atomic mass is 9.97. The first-order valence-corrected chi connectivity index (χ1v) is 6.66. The summed E-state index contributed by atoms with van der Waals surface area (Å²) < 4.78 is 4.71. The van der Waals surface area contributed by atoms with Crippen molar-refractivity contribution in [1.29, 1.82) is 0 Å². The van der Waals surface area contributed by atoms with Gasteiger partial charge in [-0.25, -0.2) is 0 Å². The van der Waals surface area contributed by atoms with Crippen LogP contribution < -0.4 is 5.73 Å². The minimum Gasteiger partial charge on any atom is -0.468 e. The average molecular weight is 257 g/mol. The number of carbonyl (C=O) groups excluding carboxylic acids is 1. The van der Waals surface area contributed by atoms with Gasteiger partial charge in [0.25, 0.3) is 0 Å². The number of hydrogen-bond donors (Lipinski definition) is 1.